The first-order valence-corrected chi connectivity index (χ1v) is 4.84. The Kier molecular flexibility index (Phi) is 2.46. The highest BCUT2D eigenvalue weighted by Crippen LogP contribution is 2.33. The first kappa shape index (κ1) is 9.77. The molecule has 1 aliphatic rings. The van der Waals surface area contributed by atoms with Gasteiger partial charge in [0.15, 0.2) is 0 Å². The highest BCUT2D eigenvalue weighted by atomic mass is 16.5. The Bertz CT molecular complexity index is 432. The Morgan fingerprint density at radius 2 is 2.33 bits per heavy atom. The van der Waals surface area contributed by atoms with Crippen molar-refractivity contribution in [3.05, 3.63) is 35.4 Å². The number of rotatable bonds is 1. The van der Waals surface area contributed by atoms with Gasteiger partial charge in [-0.1, -0.05) is 12.1 Å². The molecule has 0 aliphatic carbocycles. The number of carboxylic acids is 1. The second-order valence-corrected chi connectivity index (χ2v) is 3.61. The summed E-state index contributed by atoms with van der Waals surface area (Å²) in [6.07, 6.45) is 1.92. The van der Waals surface area contributed by atoms with Gasteiger partial charge in [-0.3, -0.25) is 0 Å². The SMILES string of the molecule is Cc1ccc2c(c1)OCC/C2=C\C(=O)O. The monoisotopic (exact) mass is 204 g/mol. The molecule has 0 fully saturated rings. The maximum Gasteiger partial charge on any atom is 0.328 e. The zero-order valence-corrected chi connectivity index (χ0v) is 8.49. The van der Waals surface area contributed by atoms with Crippen LogP contribution in [0.15, 0.2) is 24.3 Å². The fourth-order valence-corrected chi connectivity index (χ4v) is 1.72. The molecule has 0 bridgehead atoms. The van der Waals surface area contributed by atoms with Gasteiger partial charge < -0.3 is 9.84 Å². The maximum atomic E-state index is 10.6. The molecule has 2 rings (SSSR count). The van der Waals surface area contributed by atoms with E-state index < -0.39 is 5.97 Å². The number of benzene rings is 1. The number of carbonyl (C=O) groups is 1. The number of ether oxygens (including phenoxy) is 1. The number of carboxylic acid groups (broad SMARTS) is 1. The van der Waals surface area contributed by atoms with Gasteiger partial charge in [-0.05, 0) is 24.1 Å². The van der Waals surface area contributed by atoms with Crippen LogP contribution in [0.4, 0.5) is 0 Å². The Labute approximate surface area is 88.0 Å². The molecule has 3 nitrogen and oxygen atoms in total. The summed E-state index contributed by atoms with van der Waals surface area (Å²) < 4.78 is 5.48. The molecule has 0 radical (unpaired) electrons. The minimum atomic E-state index is -0.904. The van der Waals surface area contributed by atoms with Gasteiger partial charge in [-0.2, -0.15) is 0 Å². The number of hydrogen-bond donors (Lipinski definition) is 1. The smallest absolute Gasteiger partial charge is 0.328 e. The summed E-state index contributed by atoms with van der Waals surface area (Å²) in [4.78, 5) is 10.6. The van der Waals surface area contributed by atoms with E-state index in [2.05, 4.69) is 0 Å². The van der Waals surface area contributed by atoms with Gasteiger partial charge in [0.1, 0.15) is 5.75 Å². The lowest BCUT2D eigenvalue weighted by Crippen LogP contribution is -2.09. The Morgan fingerprint density at radius 3 is 3.07 bits per heavy atom. The Hall–Kier alpha value is -1.77. The van der Waals surface area contributed by atoms with Crippen LogP contribution < -0.4 is 4.74 Å². The van der Waals surface area contributed by atoms with Crippen LogP contribution in [0.5, 0.6) is 5.75 Å². The fourth-order valence-electron chi connectivity index (χ4n) is 1.72. The molecular formula is C12H12O3. The normalized spacial score (nSPS) is 17.0. The number of fused-ring (bicyclic) bond motifs is 1. The molecule has 78 valence electrons. The molecule has 3 heteroatoms. The molecule has 0 amide bonds. The summed E-state index contributed by atoms with van der Waals surface area (Å²) in [6.45, 7) is 2.54. The van der Waals surface area contributed by atoms with Crippen LogP contribution in [0, 0.1) is 6.92 Å². The summed E-state index contributed by atoms with van der Waals surface area (Å²) in [7, 11) is 0. The lowest BCUT2D eigenvalue weighted by Gasteiger charge is -2.20. The van der Waals surface area contributed by atoms with Crippen molar-refractivity contribution in [2.45, 2.75) is 13.3 Å². The van der Waals surface area contributed by atoms with E-state index in [0.29, 0.717) is 13.0 Å². The van der Waals surface area contributed by atoms with Crippen LogP contribution in [0.2, 0.25) is 0 Å². The average Bonchev–Trinajstić information content (AvgIpc) is 2.16. The van der Waals surface area contributed by atoms with E-state index in [0.717, 1.165) is 22.4 Å². The second-order valence-electron chi connectivity index (χ2n) is 3.61. The van der Waals surface area contributed by atoms with E-state index in [4.69, 9.17) is 9.84 Å². The van der Waals surface area contributed by atoms with Crippen molar-refractivity contribution in [1.82, 2.24) is 0 Å². The van der Waals surface area contributed by atoms with Crippen molar-refractivity contribution >= 4 is 11.5 Å². The molecule has 0 aromatic heterocycles. The number of aryl methyl sites for hydroxylation is 1. The summed E-state index contributed by atoms with van der Waals surface area (Å²) in [5.74, 6) is -0.118. The fraction of sp³-hybridized carbons (Fsp3) is 0.250. The van der Waals surface area contributed by atoms with Crippen molar-refractivity contribution in [3.8, 4) is 5.75 Å². The topological polar surface area (TPSA) is 46.5 Å². The molecule has 0 saturated heterocycles. The minimum absolute atomic E-state index is 0.551. The lowest BCUT2D eigenvalue weighted by atomic mass is 9.98. The molecule has 0 spiro atoms. The Morgan fingerprint density at radius 1 is 1.53 bits per heavy atom. The minimum Gasteiger partial charge on any atom is -0.493 e. The molecule has 1 aromatic rings. The van der Waals surface area contributed by atoms with Crippen LogP contribution in [-0.2, 0) is 4.79 Å². The molecule has 1 N–H and O–H groups in total. The summed E-state index contributed by atoms with van der Waals surface area (Å²) >= 11 is 0. The molecule has 1 heterocycles. The van der Waals surface area contributed by atoms with E-state index in [9.17, 15) is 4.79 Å². The summed E-state index contributed by atoms with van der Waals surface area (Å²) in [5.41, 5.74) is 2.85. The van der Waals surface area contributed by atoms with Crippen LogP contribution in [-0.4, -0.2) is 17.7 Å². The molecule has 0 saturated carbocycles. The summed E-state index contributed by atoms with van der Waals surface area (Å²) in [6, 6.07) is 5.81. The quantitative estimate of drug-likeness (QED) is 0.713. The maximum absolute atomic E-state index is 10.6. The first-order chi connectivity index (χ1) is 7.16. The molecule has 15 heavy (non-hydrogen) atoms. The third kappa shape index (κ3) is 2.01. The van der Waals surface area contributed by atoms with Gasteiger partial charge in [0, 0.05) is 18.1 Å². The van der Waals surface area contributed by atoms with Crippen LogP contribution in [0.1, 0.15) is 17.5 Å². The van der Waals surface area contributed by atoms with Crippen molar-refractivity contribution < 1.29 is 14.6 Å². The third-order valence-corrected chi connectivity index (χ3v) is 2.41. The van der Waals surface area contributed by atoms with E-state index in [-0.39, 0.29) is 0 Å². The van der Waals surface area contributed by atoms with Crippen LogP contribution >= 0.6 is 0 Å². The van der Waals surface area contributed by atoms with Crippen LogP contribution in [0.25, 0.3) is 5.57 Å². The first-order valence-electron chi connectivity index (χ1n) is 4.84. The largest absolute Gasteiger partial charge is 0.493 e. The van der Waals surface area contributed by atoms with Crippen molar-refractivity contribution in [2.24, 2.45) is 0 Å². The average molecular weight is 204 g/mol. The standard InChI is InChI=1S/C12H12O3/c1-8-2-3-10-9(7-12(13)14)4-5-15-11(10)6-8/h2-3,6-7H,4-5H2,1H3,(H,13,14)/b9-7+. The second kappa shape index (κ2) is 3.77. The van der Waals surface area contributed by atoms with Crippen molar-refractivity contribution in [1.29, 1.82) is 0 Å². The molecule has 1 aromatic carbocycles. The Balaban J connectivity index is 2.47. The molecule has 1 aliphatic heterocycles. The summed E-state index contributed by atoms with van der Waals surface area (Å²) in [5, 5.41) is 8.73. The molecular weight excluding hydrogens is 192 g/mol. The highest BCUT2D eigenvalue weighted by molar-refractivity contribution is 5.91. The van der Waals surface area contributed by atoms with Gasteiger partial charge in [0.2, 0.25) is 0 Å². The van der Waals surface area contributed by atoms with E-state index in [1.54, 1.807) is 0 Å². The van der Waals surface area contributed by atoms with Crippen LogP contribution in [0.3, 0.4) is 0 Å². The van der Waals surface area contributed by atoms with Gasteiger partial charge in [-0.25, -0.2) is 4.79 Å². The third-order valence-electron chi connectivity index (χ3n) is 2.41. The molecule has 0 unspecified atom stereocenters. The van der Waals surface area contributed by atoms with Gasteiger partial charge in [0.05, 0.1) is 6.61 Å². The van der Waals surface area contributed by atoms with E-state index in [1.807, 2.05) is 25.1 Å². The van der Waals surface area contributed by atoms with Gasteiger partial charge >= 0.3 is 5.97 Å². The van der Waals surface area contributed by atoms with Gasteiger partial charge in [0.25, 0.3) is 0 Å². The number of hydrogen-bond acceptors (Lipinski definition) is 2. The zero-order chi connectivity index (χ0) is 10.8. The predicted octanol–water partition coefficient (Wildman–Crippen LogP) is 2.25. The zero-order valence-electron chi connectivity index (χ0n) is 8.49. The number of aliphatic carboxylic acids is 1. The van der Waals surface area contributed by atoms with Crippen molar-refractivity contribution in [3.63, 3.8) is 0 Å². The molecule has 0 atom stereocenters. The lowest BCUT2D eigenvalue weighted by molar-refractivity contribution is -0.131. The van der Waals surface area contributed by atoms with E-state index >= 15 is 0 Å². The predicted molar refractivity (Wildman–Crippen MR) is 56.9 cm³/mol. The van der Waals surface area contributed by atoms with E-state index in [1.165, 1.54) is 6.08 Å². The highest BCUT2D eigenvalue weighted by Gasteiger charge is 2.15. The van der Waals surface area contributed by atoms with Crippen molar-refractivity contribution in [2.75, 3.05) is 6.61 Å². The van der Waals surface area contributed by atoms with Gasteiger partial charge in [-0.15, -0.1) is 0 Å².